The quantitative estimate of drug-likeness (QED) is 0.766. The fraction of sp³-hybridized carbons (Fsp3) is 0.286. The molecule has 0 aliphatic heterocycles. The Morgan fingerprint density at radius 1 is 1.37 bits per heavy atom. The first-order valence-corrected chi connectivity index (χ1v) is 6.97. The molecule has 1 N–H and O–H groups in total. The van der Waals surface area contributed by atoms with Gasteiger partial charge in [-0.3, -0.25) is 5.32 Å². The van der Waals surface area contributed by atoms with E-state index >= 15 is 0 Å². The van der Waals surface area contributed by atoms with Gasteiger partial charge < -0.3 is 4.74 Å². The summed E-state index contributed by atoms with van der Waals surface area (Å²) in [4.78, 5) is 15.9. The van der Waals surface area contributed by atoms with Gasteiger partial charge in [0, 0.05) is 20.5 Å². The van der Waals surface area contributed by atoms with Gasteiger partial charge in [-0.25, -0.2) is 9.78 Å². The molecular formula is C14H15IN2O2. The molecule has 0 radical (unpaired) electrons. The summed E-state index contributed by atoms with van der Waals surface area (Å²) in [6, 6.07) is 7.83. The number of hydrogen-bond acceptors (Lipinski definition) is 3. The Hall–Kier alpha value is -1.37. The monoisotopic (exact) mass is 370 g/mol. The number of nitrogens with zero attached hydrogens (tertiary/aromatic N) is 1. The Bertz CT molecular complexity index is 620. The number of benzene rings is 1. The molecule has 0 saturated carbocycles. The van der Waals surface area contributed by atoms with Gasteiger partial charge in [0.05, 0.1) is 0 Å². The van der Waals surface area contributed by atoms with Crippen molar-refractivity contribution in [3.8, 4) is 0 Å². The van der Waals surface area contributed by atoms with E-state index < -0.39 is 11.7 Å². The molecule has 5 heteroatoms. The van der Waals surface area contributed by atoms with Gasteiger partial charge in [0.25, 0.3) is 0 Å². The van der Waals surface area contributed by atoms with Crippen LogP contribution in [0.3, 0.4) is 0 Å². The van der Waals surface area contributed by atoms with Crippen LogP contribution in [0.4, 0.5) is 10.6 Å². The summed E-state index contributed by atoms with van der Waals surface area (Å²) in [5, 5.41) is 4.74. The minimum Gasteiger partial charge on any atom is -0.444 e. The van der Waals surface area contributed by atoms with Crippen LogP contribution in [0, 0.1) is 3.57 Å². The highest BCUT2D eigenvalue weighted by atomic mass is 127. The molecule has 0 aliphatic rings. The van der Waals surface area contributed by atoms with Gasteiger partial charge in [0.2, 0.25) is 0 Å². The highest BCUT2D eigenvalue weighted by Gasteiger charge is 2.16. The third-order valence-corrected chi connectivity index (χ3v) is 3.28. The zero-order chi connectivity index (χ0) is 14.0. The van der Waals surface area contributed by atoms with E-state index in [9.17, 15) is 4.79 Å². The Morgan fingerprint density at radius 2 is 2.11 bits per heavy atom. The van der Waals surface area contributed by atoms with Crippen LogP contribution < -0.4 is 5.32 Å². The molecule has 1 amide bonds. The summed E-state index contributed by atoms with van der Waals surface area (Å²) in [6.45, 7) is 5.47. The van der Waals surface area contributed by atoms with Crippen molar-refractivity contribution in [1.29, 1.82) is 0 Å². The summed E-state index contributed by atoms with van der Waals surface area (Å²) >= 11 is 2.26. The van der Waals surface area contributed by atoms with Crippen molar-refractivity contribution >= 4 is 45.3 Å². The number of carbonyl (C=O) groups is 1. The molecule has 2 rings (SSSR count). The second-order valence-electron chi connectivity index (χ2n) is 5.16. The Labute approximate surface area is 125 Å². The highest BCUT2D eigenvalue weighted by molar-refractivity contribution is 14.1. The van der Waals surface area contributed by atoms with Crippen LogP contribution in [0.2, 0.25) is 0 Å². The number of pyridine rings is 1. The first kappa shape index (κ1) is 14.0. The van der Waals surface area contributed by atoms with Gasteiger partial charge in [0.15, 0.2) is 0 Å². The van der Waals surface area contributed by atoms with Gasteiger partial charge in [0.1, 0.15) is 11.4 Å². The third kappa shape index (κ3) is 3.79. The zero-order valence-corrected chi connectivity index (χ0v) is 13.2. The SMILES string of the molecule is CC(C)(C)OC(=O)Nc1cc2c(I)cccc2cn1. The van der Waals surface area contributed by atoms with E-state index in [1.54, 1.807) is 6.20 Å². The average Bonchev–Trinajstić information content (AvgIpc) is 2.27. The molecule has 1 heterocycles. The normalized spacial score (nSPS) is 11.4. The Morgan fingerprint density at radius 3 is 2.79 bits per heavy atom. The molecule has 0 aliphatic carbocycles. The lowest BCUT2D eigenvalue weighted by Crippen LogP contribution is -2.27. The van der Waals surface area contributed by atoms with Crippen molar-refractivity contribution < 1.29 is 9.53 Å². The molecule has 2 aromatic rings. The highest BCUT2D eigenvalue weighted by Crippen LogP contribution is 2.22. The topological polar surface area (TPSA) is 51.2 Å². The van der Waals surface area contributed by atoms with E-state index in [0.29, 0.717) is 5.82 Å². The number of fused-ring (bicyclic) bond motifs is 1. The predicted octanol–water partition coefficient (Wildman–Crippen LogP) is 4.19. The van der Waals surface area contributed by atoms with Gasteiger partial charge in [-0.1, -0.05) is 12.1 Å². The van der Waals surface area contributed by atoms with E-state index in [0.717, 1.165) is 14.3 Å². The fourth-order valence-corrected chi connectivity index (χ4v) is 2.28. The third-order valence-electron chi connectivity index (χ3n) is 2.34. The maximum Gasteiger partial charge on any atom is 0.413 e. The van der Waals surface area contributed by atoms with Gasteiger partial charge in [-0.05, 0) is 55.5 Å². The number of ether oxygens (including phenoxy) is 1. The van der Waals surface area contributed by atoms with Gasteiger partial charge in [-0.15, -0.1) is 0 Å². The van der Waals surface area contributed by atoms with Crippen molar-refractivity contribution in [3.63, 3.8) is 0 Å². The number of hydrogen-bond donors (Lipinski definition) is 1. The van der Waals surface area contributed by atoms with Gasteiger partial charge in [-0.2, -0.15) is 0 Å². The molecule has 1 aromatic heterocycles. The van der Waals surface area contributed by atoms with E-state index in [4.69, 9.17) is 4.74 Å². The fourth-order valence-electron chi connectivity index (χ4n) is 1.61. The van der Waals surface area contributed by atoms with E-state index in [2.05, 4.69) is 32.9 Å². The lowest BCUT2D eigenvalue weighted by Gasteiger charge is -2.19. The average molecular weight is 370 g/mol. The second kappa shape index (κ2) is 5.32. The number of amides is 1. The van der Waals surface area contributed by atoms with Crippen LogP contribution >= 0.6 is 22.6 Å². The number of halogens is 1. The predicted molar refractivity (Wildman–Crippen MR) is 84.3 cm³/mol. The van der Waals surface area contributed by atoms with Crippen molar-refractivity contribution in [2.24, 2.45) is 0 Å². The van der Waals surface area contributed by atoms with Gasteiger partial charge >= 0.3 is 6.09 Å². The van der Waals surface area contributed by atoms with E-state index in [1.165, 1.54) is 0 Å². The molecule has 0 fully saturated rings. The summed E-state index contributed by atoms with van der Waals surface area (Å²) in [5.74, 6) is 0.492. The molecule has 0 spiro atoms. The van der Waals surface area contributed by atoms with Crippen LogP contribution in [0.15, 0.2) is 30.5 Å². The molecule has 0 saturated heterocycles. The first-order valence-electron chi connectivity index (χ1n) is 5.89. The lowest BCUT2D eigenvalue weighted by atomic mass is 10.2. The number of nitrogens with one attached hydrogen (secondary N) is 1. The lowest BCUT2D eigenvalue weighted by molar-refractivity contribution is 0.0635. The number of carbonyl (C=O) groups excluding carboxylic acids is 1. The summed E-state index contributed by atoms with van der Waals surface area (Å²) in [5.41, 5.74) is -0.518. The van der Waals surface area contributed by atoms with Crippen LogP contribution in [0.5, 0.6) is 0 Å². The van der Waals surface area contributed by atoms with Crippen molar-refractivity contribution in [2.45, 2.75) is 26.4 Å². The molecule has 4 nitrogen and oxygen atoms in total. The smallest absolute Gasteiger partial charge is 0.413 e. The molecule has 0 unspecified atom stereocenters. The Kier molecular flexibility index (Phi) is 3.93. The van der Waals surface area contributed by atoms with E-state index in [1.807, 2.05) is 45.0 Å². The molecule has 0 atom stereocenters. The largest absolute Gasteiger partial charge is 0.444 e. The van der Waals surface area contributed by atoms with Crippen LogP contribution in [-0.2, 0) is 4.74 Å². The maximum absolute atomic E-state index is 11.7. The van der Waals surface area contributed by atoms with E-state index in [-0.39, 0.29) is 0 Å². The number of rotatable bonds is 1. The Balaban J connectivity index is 2.22. The van der Waals surface area contributed by atoms with Crippen molar-refractivity contribution in [3.05, 3.63) is 34.0 Å². The van der Waals surface area contributed by atoms with Crippen molar-refractivity contribution in [1.82, 2.24) is 4.98 Å². The standard InChI is InChI=1S/C14H15IN2O2/c1-14(2,3)19-13(18)17-12-7-10-9(8-16-12)5-4-6-11(10)15/h4-8H,1-3H3,(H,16,17,18). The summed E-state index contributed by atoms with van der Waals surface area (Å²) in [7, 11) is 0. The van der Waals surface area contributed by atoms with Crippen LogP contribution in [0.25, 0.3) is 10.8 Å². The molecule has 100 valence electrons. The first-order chi connectivity index (χ1) is 8.85. The number of anilines is 1. The molecule has 0 bridgehead atoms. The minimum atomic E-state index is -0.518. The van der Waals surface area contributed by atoms with Crippen molar-refractivity contribution in [2.75, 3.05) is 5.32 Å². The summed E-state index contributed by atoms with van der Waals surface area (Å²) in [6.07, 6.45) is 1.25. The van der Waals surface area contributed by atoms with Crippen LogP contribution in [-0.4, -0.2) is 16.7 Å². The number of aromatic nitrogens is 1. The second-order valence-corrected chi connectivity index (χ2v) is 6.32. The minimum absolute atomic E-state index is 0.492. The maximum atomic E-state index is 11.7. The zero-order valence-electron chi connectivity index (χ0n) is 11.0. The molecule has 1 aromatic carbocycles. The van der Waals surface area contributed by atoms with Crippen LogP contribution in [0.1, 0.15) is 20.8 Å². The summed E-state index contributed by atoms with van der Waals surface area (Å²) < 4.78 is 6.31. The molecular weight excluding hydrogens is 355 g/mol. The molecule has 19 heavy (non-hydrogen) atoms.